The summed E-state index contributed by atoms with van der Waals surface area (Å²) < 4.78 is 18.8. The molecule has 1 aromatic heterocycles. The van der Waals surface area contributed by atoms with Crippen LogP contribution in [0.5, 0.6) is 11.6 Å². The molecule has 3 N–H and O–H groups in total. The van der Waals surface area contributed by atoms with Gasteiger partial charge in [-0.25, -0.2) is 14.5 Å². The van der Waals surface area contributed by atoms with E-state index in [1.165, 1.54) is 30.0 Å². The third-order valence-corrected chi connectivity index (χ3v) is 5.76. The fourth-order valence-corrected chi connectivity index (χ4v) is 3.67. The van der Waals surface area contributed by atoms with Crippen LogP contribution in [-0.2, 0) is 11.3 Å². The van der Waals surface area contributed by atoms with E-state index in [0.29, 0.717) is 16.5 Å². The van der Waals surface area contributed by atoms with Gasteiger partial charge in [-0.05, 0) is 48.0 Å². The third kappa shape index (κ3) is 6.44. The number of urea groups is 2. The molecule has 4 amide bonds. The number of anilines is 1. The van der Waals surface area contributed by atoms with Crippen LogP contribution in [0.3, 0.4) is 0 Å². The number of carbonyl (C=O) groups excluding carboxylic acids is 2. The molecule has 1 aliphatic heterocycles. The topological polar surface area (TPSA) is 124 Å². The predicted molar refractivity (Wildman–Crippen MR) is 133 cm³/mol. The molecule has 2 heterocycles. The fraction of sp³-hybridized carbons (Fsp3) is 0.200. The molecule has 2 aromatic carbocycles. The molecule has 1 fully saturated rings. The van der Waals surface area contributed by atoms with Crippen molar-refractivity contribution in [1.29, 1.82) is 0 Å². The summed E-state index contributed by atoms with van der Waals surface area (Å²) in [6.07, 6.45) is -0.941. The van der Waals surface area contributed by atoms with Crippen molar-refractivity contribution in [3.8, 4) is 11.6 Å². The summed E-state index contributed by atoms with van der Waals surface area (Å²) in [5, 5.41) is 15.6. The Hall–Kier alpha value is -4.38. The first-order valence-electron chi connectivity index (χ1n) is 11.2. The molecule has 1 saturated heterocycles. The molecule has 0 radical (unpaired) electrons. The lowest BCUT2D eigenvalue weighted by molar-refractivity contribution is -0.141. The molecule has 12 heteroatoms. The second-order valence-corrected chi connectivity index (χ2v) is 8.74. The molecule has 10 nitrogen and oxygen atoms in total. The van der Waals surface area contributed by atoms with Crippen LogP contribution < -0.4 is 15.4 Å². The van der Waals surface area contributed by atoms with Crippen LogP contribution >= 0.6 is 11.6 Å². The number of hydrogen-bond donors (Lipinski definition) is 3. The first-order valence-corrected chi connectivity index (χ1v) is 11.6. The SMILES string of the molecule is C[C@@H](CN1C(=O)NC(Nc2ccc(Oc3cccc(F)n3)cc2)N(Cc2ccc(Cl)cc2)C1=O)C(=O)O. The Morgan fingerprint density at radius 2 is 1.86 bits per heavy atom. The van der Waals surface area contributed by atoms with Crippen molar-refractivity contribution in [2.24, 2.45) is 5.92 Å². The van der Waals surface area contributed by atoms with Gasteiger partial charge >= 0.3 is 18.0 Å². The molecular formula is C25H23ClFN5O5. The monoisotopic (exact) mass is 527 g/mol. The van der Waals surface area contributed by atoms with E-state index in [2.05, 4.69) is 15.6 Å². The number of rotatable bonds is 9. The molecule has 0 saturated carbocycles. The molecule has 0 bridgehead atoms. The summed E-state index contributed by atoms with van der Waals surface area (Å²) in [5.74, 6) is -2.24. The van der Waals surface area contributed by atoms with Gasteiger partial charge in [0, 0.05) is 23.3 Å². The van der Waals surface area contributed by atoms with E-state index in [9.17, 15) is 23.9 Å². The van der Waals surface area contributed by atoms with Crippen LogP contribution in [0.2, 0.25) is 5.02 Å². The zero-order valence-electron chi connectivity index (χ0n) is 19.6. The molecular weight excluding hydrogens is 505 g/mol. The zero-order chi connectivity index (χ0) is 26.5. The van der Waals surface area contributed by atoms with E-state index >= 15 is 0 Å². The summed E-state index contributed by atoms with van der Waals surface area (Å²) in [6.45, 7) is 1.24. The number of nitrogens with one attached hydrogen (secondary N) is 2. The maximum absolute atomic E-state index is 13.3. The lowest BCUT2D eigenvalue weighted by Crippen LogP contribution is -2.67. The fourth-order valence-electron chi connectivity index (χ4n) is 3.54. The zero-order valence-corrected chi connectivity index (χ0v) is 20.4. The number of hydrogen-bond acceptors (Lipinski definition) is 6. The summed E-state index contributed by atoms with van der Waals surface area (Å²) in [4.78, 5) is 43.3. The summed E-state index contributed by atoms with van der Waals surface area (Å²) in [6, 6.07) is 16.2. The molecule has 2 atom stereocenters. The first kappa shape index (κ1) is 25.7. The molecule has 0 spiro atoms. The van der Waals surface area contributed by atoms with Gasteiger partial charge in [0.2, 0.25) is 11.8 Å². The van der Waals surface area contributed by atoms with Gasteiger partial charge in [0.15, 0.2) is 6.29 Å². The van der Waals surface area contributed by atoms with Gasteiger partial charge in [0.1, 0.15) is 5.75 Å². The van der Waals surface area contributed by atoms with Crippen molar-refractivity contribution in [3.63, 3.8) is 0 Å². The van der Waals surface area contributed by atoms with E-state index in [4.69, 9.17) is 16.3 Å². The number of carbonyl (C=O) groups is 3. The lowest BCUT2D eigenvalue weighted by Gasteiger charge is -2.41. The van der Waals surface area contributed by atoms with Gasteiger partial charge in [0.25, 0.3) is 0 Å². The normalized spacial score (nSPS) is 16.2. The number of aliphatic carboxylic acids is 1. The van der Waals surface area contributed by atoms with Crippen LogP contribution in [0.25, 0.3) is 0 Å². The van der Waals surface area contributed by atoms with Gasteiger partial charge < -0.3 is 15.2 Å². The molecule has 3 aromatic rings. The second-order valence-electron chi connectivity index (χ2n) is 8.31. The van der Waals surface area contributed by atoms with Crippen LogP contribution in [0.4, 0.5) is 19.7 Å². The van der Waals surface area contributed by atoms with Gasteiger partial charge in [-0.1, -0.05) is 36.7 Å². The van der Waals surface area contributed by atoms with E-state index in [0.717, 1.165) is 10.5 Å². The summed E-state index contributed by atoms with van der Waals surface area (Å²) in [7, 11) is 0. The standard InChI is InChI=1S/C25H23ClFN5O5/c1-15(22(33)34)13-32-24(35)30-23(31(25(32)36)14-16-5-7-17(26)8-6-16)28-18-9-11-19(12-10-18)37-21-4-2-3-20(27)29-21/h2-12,15,23,28H,13-14H2,1H3,(H,30,35)(H,33,34)/t15-,23?/m0/s1. The highest BCUT2D eigenvalue weighted by Gasteiger charge is 2.39. The average molecular weight is 528 g/mol. The number of halogens is 2. The Kier molecular flexibility index (Phi) is 7.73. The van der Waals surface area contributed by atoms with Gasteiger partial charge in [-0.3, -0.25) is 15.0 Å². The number of ether oxygens (including phenoxy) is 1. The summed E-state index contributed by atoms with van der Waals surface area (Å²) in [5.41, 5.74) is 1.30. The minimum atomic E-state index is -1.12. The number of carboxylic acids is 1. The van der Waals surface area contributed by atoms with Crippen molar-refractivity contribution in [3.05, 3.63) is 83.3 Å². The summed E-state index contributed by atoms with van der Waals surface area (Å²) >= 11 is 5.97. The number of aromatic nitrogens is 1. The first-order chi connectivity index (χ1) is 17.7. The predicted octanol–water partition coefficient (Wildman–Crippen LogP) is 4.73. The van der Waals surface area contributed by atoms with E-state index in [1.807, 2.05) is 0 Å². The maximum atomic E-state index is 13.3. The number of pyridine rings is 1. The Morgan fingerprint density at radius 3 is 2.51 bits per heavy atom. The highest BCUT2D eigenvalue weighted by Crippen LogP contribution is 2.24. The molecule has 1 unspecified atom stereocenters. The highest BCUT2D eigenvalue weighted by atomic mass is 35.5. The number of amides is 4. The molecule has 4 rings (SSSR count). The quantitative estimate of drug-likeness (QED) is 0.344. The number of carboxylic acid groups (broad SMARTS) is 1. The van der Waals surface area contributed by atoms with Crippen LogP contribution in [0.15, 0.2) is 66.7 Å². The minimum Gasteiger partial charge on any atom is -0.481 e. The Balaban J connectivity index is 1.52. The Bertz CT molecular complexity index is 1290. The van der Waals surface area contributed by atoms with Crippen LogP contribution in [-0.4, -0.2) is 50.8 Å². The van der Waals surface area contributed by atoms with Crippen molar-refractivity contribution < 1.29 is 28.6 Å². The second kappa shape index (κ2) is 11.1. The van der Waals surface area contributed by atoms with E-state index in [-0.39, 0.29) is 19.0 Å². The largest absolute Gasteiger partial charge is 0.481 e. The third-order valence-electron chi connectivity index (χ3n) is 5.51. The molecule has 1 aliphatic rings. The number of nitrogens with zero attached hydrogens (tertiary/aromatic N) is 3. The smallest absolute Gasteiger partial charge is 0.331 e. The van der Waals surface area contributed by atoms with Gasteiger partial charge in [-0.2, -0.15) is 9.37 Å². The van der Waals surface area contributed by atoms with Crippen molar-refractivity contribution in [2.75, 3.05) is 11.9 Å². The van der Waals surface area contributed by atoms with Crippen LogP contribution in [0, 0.1) is 11.9 Å². The van der Waals surface area contributed by atoms with Crippen molar-refractivity contribution in [1.82, 2.24) is 20.1 Å². The van der Waals surface area contributed by atoms with E-state index in [1.54, 1.807) is 48.5 Å². The lowest BCUT2D eigenvalue weighted by atomic mass is 10.1. The molecule has 37 heavy (non-hydrogen) atoms. The van der Waals surface area contributed by atoms with E-state index < -0.39 is 36.2 Å². The average Bonchev–Trinajstić information content (AvgIpc) is 2.86. The Morgan fingerprint density at radius 1 is 1.16 bits per heavy atom. The van der Waals surface area contributed by atoms with Crippen LogP contribution in [0.1, 0.15) is 12.5 Å². The van der Waals surface area contributed by atoms with Crippen molar-refractivity contribution in [2.45, 2.75) is 19.8 Å². The maximum Gasteiger partial charge on any atom is 0.331 e. The number of benzene rings is 2. The van der Waals surface area contributed by atoms with Gasteiger partial charge in [0.05, 0.1) is 12.5 Å². The number of imide groups is 1. The van der Waals surface area contributed by atoms with Gasteiger partial charge in [-0.15, -0.1) is 0 Å². The Labute approximate surface area is 216 Å². The minimum absolute atomic E-state index is 0.0932. The molecule has 192 valence electrons. The van der Waals surface area contributed by atoms with Crippen molar-refractivity contribution >= 4 is 35.3 Å². The highest BCUT2D eigenvalue weighted by molar-refractivity contribution is 6.30. The molecule has 0 aliphatic carbocycles.